The van der Waals surface area contributed by atoms with Crippen molar-refractivity contribution in [3.63, 3.8) is 0 Å². The number of likely N-dealkylation sites (N-methyl/N-ethyl adjacent to an activating group) is 1. The SMILES string of the molecule is CCN1CC2(CCNC2)N(C2CC2)C1=O. The zero-order valence-corrected chi connectivity index (χ0v) is 9.33. The maximum atomic E-state index is 12.2. The Morgan fingerprint density at radius 1 is 1.53 bits per heavy atom. The minimum absolute atomic E-state index is 0.133. The van der Waals surface area contributed by atoms with Crippen LogP contribution in [0.2, 0.25) is 0 Å². The number of rotatable bonds is 2. The Morgan fingerprint density at radius 3 is 2.87 bits per heavy atom. The Morgan fingerprint density at radius 2 is 2.33 bits per heavy atom. The van der Waals surface area contributed by atoms with Gasteiger partial charge in [-0.2, -0.15) is 0 Å². The Labute approximate surface area is 90.6 Å². The Bertz CT molecular complexity index is 282. The van der Waals surface area contributed by atoms with Crippen LogP contribution < -0.4 is 5.32 Å². The summed E-state index contributed by atoms with van der Waals surface area (Å²) in [5.74, 6) is 0. The van der Waals surface area contributed by atoms with Crippen LogP contribution in [0.3, 0.4) is 0 Å². The van der Waals surface area contributed by atoms with Crippen LogP contribution in [0.1, 0.15) is 26.2 Å². The van der Waals surface area contributed by atoms with Crippen LogP contribution >= 0.6 is 0 Å². The highest BCUT2D eigenvalue weighted by atomic mass is 16.2. The molecule has 2 aliphatic heterocycles. The molecule has 0 aromatic carbocycles. The van der Waals surface area contributed by atoms with Gasteiger partial charge in [-0.3, -0.25) is 0 Å². The number of hydrogen-bond acceptors (Lipinski definition) is 2. The molecule has 1 spiro atoms. The van der Waals surface area contributed by atoms with Crippen molar-refractivity contribution in [1.29, 1.82) is 0 Å². The van der Waals surface area contributed by atoms with Gasteiger partial charge in [0.25, 0.3) is 0 Å². The zero-order valence-electron chi connectivity index (χ0n) is 9.33. The van der Waals surface area contributed by atoms with Crippen LogP contribution in [0.15, 0.2) is 0 Å². The number of hydrogen-bond donors (Lipinski definition) is 1. The monoisotopic (exact) mass is 209 g/mol. The van der Waals surface area contributed by atoms with E-state index in [9.17, 15) is 4.79 Å². The fourth-order valence-corrected chi connectivity index (χ4v) is 3.05. The van der Waals surface area contributed by atoms with E-state index in [1.807, 2.05) is 4.90 Å². The molecule has 1 atom stereocenters. The van der Waals surface area contributed by atoms with Crippen molar-refractivity contribution < 1.29 is 4.79 Å². The van der Waals surface area contributed by atoms with E-state index in [1.54, 1.807) is 0 Å². The van der Waals surface area contributed by atoms with E-state index in [4.69, 9.17) is 0 Å². The molecule has 84 valence electrons. The number of urea groups is 1. The van der Waals surface area contributed by atoms with Crippen molar-refractivity contribution in [2.75, 3.05) is 26.2 Å². The molecule has 0 radical (unpaired) electrons. The maximum Gasteiger partial charge on any atom is 0.320 e. The lowest BCUT2D eigenvalue weighted by Gasteiger charge is -2.32. The number of nitrogens with zero attached hydrogens (tertiary/aromatic N) is 2. The Hall–Kier alpha value is -0.770. The van der Waals surface area contributed by atoms with Gasteiger partial charge in [0.15, 0.2) is 0 Å². The molecule has 1 saturated carbocycles. The van der Waals surface area contributed by atoms with Crippen molar-refractivity contribution in [3.8, 4) is 0 Å². The number of carbonyl (C=O) groups is 1. The molecule has 4 heteroatoms. The first kappa shape index (κ1) is 9.46. The summed E-state index contributed by atoms with van der Waals surface area (Å²) < 4.78 is 0. The van der Waals surface area contributed by atoms with Crippen LogP contribution in [0.4, 0.5) is 4.79 Å². The molecule has 3 aliphatic rings. The molecule has 0 aromatic rings. The molecule has 4 nitrogen and oxygen atoms in total. The summed E-state index contributed by atoms with van der Waals surface area (Å²) in [5.41, 5.74) is 0.133. The van der Waals surface area contributed by atoms with E-state index in [-0.39, 0.29) is 11.6 Å². The van der Waals surface area contributed by atoms with Gasteiger partial charge in [-0.25, -0.2) is 4.79 Å². The lowest BCUT2D eigenvalue weighted by atomic mass is 9.97. The van der Waals surface area contributed by atoms with Gasteiger partial charge in [0, 0.05) is 25.7 Å². The predicted octanol–water partition coefficient (Wildman–Crippen LogP) is 0.638. The molecule has 0 aromatic heterocycles. The van der Waals surface area contributed by atoms with Gasteiger partial charge in [0.2, 0.25) is 0 Å². The van der Waals surface area contributed by atoms with Gasteiger partial charge in [-0.05, 0) is 32.7 Å². The highest BCUT2D eigenvalue weighted by molar-refractivity contribution is 5.79. The molecule has 0 bridgehead atoms. The molecule has 1 N–H and O–H groups in total. The fourth-order valence-electron chi connectivity index (χ4n) is 3.05. The van der Waals surface area contributed by atoms with E-state index < -0.39 is 0 Å². The van der Waals surface area contributed by atoms with E-state index in [0.29, 0.717) is 6.04 Å². The van der Waals surface area contributed by atoms with Gasteiger partial charge in [-0.1, -0.05) is 0 Å². The Kier molecular flexibility index (Phi) is 1.96. The summed E-state index contributed by atoms with van der Waals surface area (Å²) in [6.45, 7) is 5.92. The zero-order chi connectivity index (χ0) is 10.5. The first-order chi connectivity index (χ1) is 7.27. The third-order valence-corrected chi connectivity index (χ3v) is 3.99. The van der Waals surface area contributed by atoms with Gasteiger partial charge in [0.05, 0.1) is 5.54 Å². The molecule has 3 fully saturated rings. The molecule has 2 heterocycles. The summed E-state index contributed by atoms with van der Waals surface area (Å²) in [6.07, 6.45) is 3.56. The predicted molar refractivity (Wildman–Crippen MR) is 57.7 cm³/mol. The summed E-state index contributed by atoms with van der Waals surface area (Å²) in [6, 6.07) is 0.831. The van der Waals surface area contributed by atoms with Crippen molar-refractivity contribution >= 4 is 6.03 Å². The lowest BCUT2D eigenvalue weighted by molar-refractivity contribution is 0.158. The van der Waals surface area contributed by atoms with Crippen LogP contribution in [0.5, 0.6) is 0 Å². The molecular formula is C11H19N3O. The average molecular weight is 209 g/mol. The van der Waals surface area contributed by atoms with E-state index in [2.05, 4.69) is 17.1 Å². The average Bonchev–Trinajstić information content (AvgIpc) is 2.88. The van der Waals surface area contributed by atoms with Crippen LogP contribution in [-0.2, 0) is 0 Å². The summed E-state index contributed by atoms with van der Waals surface area (Å²) in [7, 11) is 0. The molecule has 15 heavy (non-hydrogen) atoms. The maximum absolute atomic E-state index is 12.2. The number of nitrogens with one attached hydrogen (secondary N) is 1. The highest BCUT2D eigenvalue weighted by Crippen LogP contribution is 2.40. The standard InChI is InChI=1S/C11H19N3O/c1-2-13-8-11(5-6-12-7-11)14(10(13)15)9-3-4-9/h9,12H,2-8H2,1H3. The smallest absolute Gasteiger partial charge is 0.320 e. The number of carbonyl (C=O) groups excluding carboxylic acids is 1. The van der Waals surface area contributed by atoms with Crippen LogP contribution in [0, 0.1) is 0 Å². The fraction of sp³-hybridized carbons (Fsp3) is 0.909. The van der Waals surface area contributed by atoms with Crippen LogP contribution in [-0.4, -0.2) is 53.6 Å². The molecule has 2 saturated heterocycles. The minimum Gasteiger partial charge on any atom is -0.322 e. The first-order valence-corrected chi connectivity index (χ1v) is 6.06. The van der Waals surface area contributed by atoms with Crippen molar-refractivity contribution in [3.05, 3.63) is 0 Å². The molecular weight excluding hydrogens is 190 g/mol. The molecule has 1 aliphatic carbocycles. The highest BCUT2D eigenvalue weighted by Gasteiger charge is 2.55. The van der Waals surface area contributed by atoms with Crippen molar-refractivity contribution in [2.24, 2.45) is 0 Å². The van der Waals surface area contributed by atoms with E-state index >= 15 is 0 Å². The number of amides is 2. The largest absolute Gasteiger partial charge is 0.322 e. The molecule has 1 unspecified atom stereocenters. The Balaban J connectivity index is 1.89. The summed E-state index contributed by atoms with van der Waals surface area (Å²) in [5, 5.41) is 3.41. The van der Waals surface area contributed by atoms with Crippen LogP contribution in [0.25, 0.3) is 0 Å². The summed E-state index contributed by atoms with van der Waals surface area (Å²) in [4.78, 5) is 16.4. The quantitative estimate of drug-likeness (QED) is 0.724. The van der Waals surface area contributed by atoms with E-state index in [1.165, 1.54) is 12.8 Å². The second-order valence-electron chi connectivity index (χ2n) is 5.05. The minimum atomic E-state index is 0.133. The van der Waals surface area contributed by atoms with Gasteiger partial charge >= 0.3 is 6.03 Å². The van der Waals surface area contributed by atoms with Crippen molar-refractivity contribution in [2.45, 2.75) is 37.8 Å². The normalized spacial score (nSPS) is 35.9. The van der Waals surface area contributed by atoms with Gasteiger partial charge < -0.3 is 15.1 Å². The lowest BCUT2D eigenvalue weighted by Crippen LogP contribution is -2.49. The summed E-state index contributed by atoms with van der Waals surface area (Å²) >= 11 is 0. The van der Waals surface area contributed by atoms with Crippen molar-refractivity contribution in [1.82, 2.24) is 15.1 Å². The molecule has 2 amide bonds. The van der Waals surface area contributed by atoms with Gasteiger partial charge in [-0.15, -0.1) is 0 Å². The topological polar surface area (TPSA) is 35.6 Å². The first-order valence-electron chi connectivity index (χ1n) is 6.06. The third kappa shape index (κ3) is 1.27. The van der Waals surface area contributed by atoms with E-state index in [0.717, 1.165) is 32.6 Å². The second-order valence-corrected chi connectivity index (χ2v) is 5.05. The molecule has 3 rings (SSSR count). The second kappa shape index (κ2) is 3.11. The third-order valence-electron chi connectivity index (χ3n) is 3.99. The van der Waals surface area contributed by atoms with Gasteiger partial charge in [0.1, 0.15) is 0 Å².